The molecule has 0 saturated carbocycles. The smallest absolute Gasteiger partial charge is 0.287 e. The van der Waals surface area contributed by atoms with Crippen molar-refractivity contribution in [3.05, 3.63) is 69.8 Å². The van der Waals surface area contributed by atoms with Crippen molar-refractivity contribution < 1.29 is 23.1 Å². The summed E-state index contributed by atoms with van der Waals surface area (Å²) in [5, 5.41) is 3.18. The van der Waals surface area contributed by atoms with Crippen LogP contribution in [0.15, 0.2) is 51.7 Å². The predicted octanol–water partition coefficient (Wildman–Crippen LogP) is 3.06. The van der Waals surface area contributed by atoms with Gasteiger partial charge in [-0.25, -0.2) is 4.39 Å². The second-order valence-corrected chi connectivity index (χ2v) is 7.83. The lowest BCUT2D eigenvalue weighted by molar-refractivity contribution is 0.0881. The molecule has 0 aliphatic carbocycles. The molecule has 0 unspecified atom stereocenters. The summed E-state index contributed by atoms with van der Waals surface area (Å²) < 4.78 is 29.7. The standard InChI is InChI=1S/C23H21FN2O5/c24-15-2-3-17-18(27)11-22(31-20(17)10-15)23(28)25-16-5-7-26(8-6-16)12-14-1-4-19-21(9-14)30-13-29-19/h1-4,9-11,16H,5-8,12-13H2,(H,25,28). The van der Waals surface area contributed by atoms with Crippen LogP contribution in [0.2, 0.25) is 0 Å². The number of rotatable bonds is 4. The Labute approximate surface area is 177 Å². The summed E-state index contributed by atoms with van der Waals surface area (Å²) in [5.41, 5.74) is 0.845. The molecule has 3 aromatic rings. The number of nitrogens with zero attached hydrogens (tertiary/aromatic N) is 1. The Kier molecular flexibility index (Phi) is 5.07. The Balaban J connectivity index is 1.19. The van der Waals surface area contributed by atoms with Crippen molar-refractivity contribution in [2.45, 2.75) is 25.4 Å². The third-order valence-electron chi connectivity index (χ3n) is 5.68. The van der Waals surface area contributed by atoms with Gasteiger partial charge in [-0.05, 0) is 42.7 Å². The molecule has 0 atom stereocenters. The molecule has 0 spiro atoms. The molecule has 2 aromatic carbocycles. The number of fused-ring (bicyclic) bond motifs is 2. The summed E-state index contributed by atoms with van der Waals surface area (Å²) in [4.78, 5) is 27.1. The SMILES string of the molecule is O=C(NC1CCN(Cc2ccc3c(c2)OCO3)CC1)c1cc(=O)c2ccc(F)cc2o1. The number of hydrogen-bond donors (Lipinski definition) is 1. The zero-order valence-electron chi connectivity index (χ0n) is 16.7. The molecule has 8 heteroatoms. The molecule has 7 nitrogen and oxygen atoms in total. The number of halogens is 1. The number of piperidine rings is 1. The van der Waals surface area contributed by atoms with Crippen molar-refractivity contribution in [3.8, 4) is 11.5 Å². The number of carbonyl (C=O) groups excluding carboxylic acids is 1. The molecule has 1 amide bonds. The fourth-order valence-electron chi connectivity index (χ4n) is 4.03. The van der Waals surface area contributed by atoms with Gasteiger partial charge in [0.25, 0.3) is 5.91 Å². The molecule has 2 aliphatic heterocycles. The van der Waals surface area contributed by atoms with Gasteiger partial charge in [0.05, 0.1) is 5.39 Å². The zero-order chi connectivity index (χ0) is 21.4. The van der Waals surface area contributed by atoms with Gasteiger partial charge in [-0.2, -0.15) is 0 Å². The maximum atomic E-state index is 13.5. The fraction of sp³-hybridized carbons (Fsp3) is 0.304. The molecule has 0 radical (unpaired) electrons. The second-order valence-electron chi connectivity index (χ2n) is 7.83. The summed E-state index contributed by atoms with van der Waals surface area (Å²) in [6.07, 6.45) is 1.56. The molecule has 1 aromatic heterocycles. The van der Waals surface area contributed by atoms with Gasteiger partial charge in [-0.1, -0.05) is 6.07 Å². The van der Waals surface area contributed by atoms with Gasteiger partial charge in [0.2, 0.25) is 6.79 Å². The van der Waals surface area contributed by atoms with E-state index in [-0.39, 0.29) is 35.0 Å². The molecule has 160 valence electrons. The third kappa shape index (κ3) is 4.11. The zero-order valence-corrected chi connectivity index (χ0v) is 16.7. The number of ether oxygens (including phenoxy) is 2. The maximum absolute atomic E-state index is 13.5. The number of amides is 1. The molecule has 1 N–H and O–H groups in total. The van der Waals surface area contributed by atoms with Gasteiger partial charge in [-0.15, -0.1) is 0 Å². The van der Waals surface area contributed by atoms with Crippen LogP contribution in [0.5, 0.6) is 11.5 Å². The summed E-state index contributed by atoms with van der Waals surface area (Å²) in [6.45, 7) is 2.71. The fourth-order valence-corrected chi connectivity index (χ4v) is 4.03. The minimum absolute atomic E-state index is 0.0194. The Bertz CT molecular complexity index is 1200. The number of hydrogen-bond acceptors (Lipinski definition) is 6. The lowest BCUT2D eigenvalue weighted by Crippen LogP contribution is -2.44. The van der Waals surface area contributed by atoms with Crippen LogP contribution in [-0.4, -0.2) is 36.7 Å². The third-order valence-corrected chi connectivity index (χ3v) is 5.68. The van der Waals surface area contributed by atoms with Crippen molar-refractivity contribution in [2.24, 2.45) is 0 Å². The first-order valence-electron chi connectivity index (χ1n) is 10.2. The second kappa shape index (κ2) is 8.03. The van der Waals surface area contributed by atoms with E-state index in [0.29, 0.717) is 0 Å². The first-order valence-corrected chi connectivity index (χ1v) is 10.2. The summed E-state index contributed by atoms with van der Waals surface area (Å²) in [7, 11) is 0. The molecule has 0 bridgehead atoms. The molecule has 1 fully saturated rings. The average molecular weight is 424 g/mol. The van der Waals surface area contributed by atoms with Crippen LogP contribution in [0.25, 0.3) is 11.0 Å². The normalized spacial score (nSPS) is 16.5. The largest absolute Gasteiger partial charge is 0.454 e. The van der Waals surface area contributed by atoms with E-state index in [4.69, 9.17) is 13.9 Å². The van der Waals surface area contributed by atoms with Crippen LogP contribution in [0.1, 0.15) is 29.0 Å². The summed E-state index contributed by atoms with van der Waals surface area (Å²) >= 11 is 0. The van der Waals surface area contributed by atoms with E-state index in [0.717, 1.165) is 61.7 Å². The van der Waals surface area contributed by atoms with Gasteiger partial charge in [0, 0.05) is 37.8 Å². The molecule has 2 aliphatic rings. The number of benzene rings is 2. The van der Waals surface area contributed by atoms with Gasteiger partial charge in [0.15, 0.2) is 22.7 Å². The van der Waals surface area contributed by atoms with E-state index in [1.165, 1.54) is 12.1 Å². The first kappa shape index (κ1) is 19.6. The van der Waals surface area contributed by atoms with Gasteiger partial charge in [-0.3, -0.25) is 14.5 Å². The van der Waals surface area contributed by atoms with Crippen molar-refractivity contribution in [2.75, 3.05) is 19.9 Å². The van der Waals surface area contributed by atoms with Crippen LogP contribution in [0.3, 0.4) is 0 Å². The Morgan fingerprint density at radius 2 is 1.87 bits per heavy atom. The van der Waals surface area contributed by atoms with E-state index < -0.39 is 11.7 Å². The van der Waals surface area contributed by atoms with Crippen molar-refractivity contribution >= 4 is 16.9 Å². The number of nitrogens with one attached hydrogen (secondary N) is 1. The summed E-state index contributed by atoms with van der Waals surface area (Å²) in [6, 6.07) is 10.8. The minimum atomic E-state index is -0.525. The highest BCUT2D eigenvalue weighted by Gasteiger charge is 2.23. The maximum Gasteiger partial charge on any atom is 0.287 e. The van der Waals surface area contributed by atoms with E-state index >= 15 is 0 Å². The van der Waals surface area contributed by atoms with Crippen molar-refractivity contribution in [1.82, 2.24) is 10.2 Å². The highest BCUT2D eigenvalue weighted by molar-refractivity contribution is 5.93. The summed E-state index contributed by atoms with van der Waals surface area (Å²) in [5.74, 6) is 0.455. The minimum Gasteiger partial charge on any atom is -0.454 e. The van der Waals surface area contributed by atoms with Gasteiger partial charge in [0.1, 0.15) is 11.4 Å². The molecule has 3 heterocycles. The molecule has 1 saturated heterocycles. The van der Waals surface area contributed by atoms with E-state index in [2.05, 4.69) is 10.2 Å². The molecule has 31 heavy (non-hydrogen) atoms. The van der Waals surface area contributed by atoms with Crippen LogP contribution < -0.4 is 20.2 Å². The Morgan fingerprint density at radius 1 is 1.06 bits per heavy atom. The Hall–Kier alpha value is -3.39. The lowest BCUT2D eigenvalue weighted by atomic mass is 10.0. The Morgan fingerprint density at radius 3 is 2.71 bits per heavy atom. The van der Waals surface area contributed by atoms with Crippen molar-refractivity contribution in [3.63, 3.8) is 0 Å². The molecular weight excluding hydrogens is 403 g/mol. The number of carbonyl (C=O) groups is 1. The quantitative estimate of drug-likeness (QED) is 0.694. The lowest BCUT2D eigenvalue weighted by Gasteiger charge is -2.32. The number of likely N-dealkylation sites (tertiary alicyclic amines) is 1. The monoisotopic (exact) mass is 424 g/mol. The van der Waals surface area contributed by atoms with E-state index in [9.17, 15) is 14.0 Å². The van der Waals surface area contributed by atoms with Crippen LogP contribution >= 0.6 is 0 Å². The average Bonchev–Trinajstić information content (AvgIpc) is 3.22. The van der Waals surface area contributed by atoms with Crippen LogP contribution in [-0.2, 0) is 6.54 Å². The van der Waals surface area contributed by atoms with E-state index in [1.54, 1.807) is 0 Å². The first-order chi connectivity index (χ1) is 15.0. The van der Waals surface area contributed by atoms with Crippen LogP contribution in [0, 0.1) is 5.82 Å². The predicted molar refractivity (Wildman–Crippen MR) is 111 cm³/mol. The van der Waals surface area contributed by atoms with Crippen molar-refractivity contribution in [1.29, 1.82) is 0 Å². The van der Waals surface area contributed by atoms with Crippen LogP contribution in [0.4, 0.5) is 4.39 Å². The highest BCUT2D eigenvalue weighted by Crippen LogP contribution is 2.33. The van der Waals surface area contributed by atoms with Gasteiger partial charge >= 0.3 is 0 Å². The molecule has 5 rings (SSSR count). The highest BCUT2D eigenvalue weighted by atomic mass is 19.1. The van der Waals surface area contributed by atoms with Gasteiger partial charge < -0.3 is 19.2 Å². The molecular formula is C23H21FN2O5. The topological polar surface area (TPSA) is 81.0 Å². The van der Waals surface area contributed by atoms with E-state index in [1.807, 2.05) is 18.2 Å².